The number of halogens is 1. The number of nitrogens with two attached hydrogens (primary N) is 2. The zero-order valence-corrected chi connectivity index (χ0v) is 22.0. The highest BCUT2D eigenvalue weighted by Crippen LogP contribution is 2.33. The highest BCUT2D eigenvalue weighted by molar-refractivity contribution is 5.94. The second kappa shape index (κ2) is 12.5. The number of nitrogens with zero attached hydrogens (tertiary/aromatic N) is 4. The third-order valence-electron chi connectivity index (χ3n) is 6.99. The van der Waals surface area contributed by atoms with Gasteiger partial charge in [0.05, 0.1) is 18.5 Å². The van der Waals surface area contributed by atoms with E-state index >= 15 is 0 Å². The standard InChI is InChI=1S/C27H32N8O3.ClH/c28-11-12-30-27(38)25-33-24(21-26(34-25)35(15-32-21)20-13-19(29)22(36)23(20)37)31-14-18(16-7-3-1-4-8-16)17-9-5-2-6-10-17;/h1-10,15,18-20,22-23,36-37H,11-14,28-29H2,(H,30,38)(H,31,33,34);1H/t19-,20+,22+,23-;/m0./s1. The fourth-order valence-electron chi connectivity index (χ4n) is 4.96. The van der Waals surface area contributed by atoms with Gasteiger partial charge in [0.2, 0.25) is 5.82 Å². The average Bonchev–Trinajstić information content (AvgIpc) is 3.49. The molecule has 11 nitrogen and oxygen atoms in total. The molecule has 206 valence electrons. The zero-order valence-electron chi connectivity index (χ0n) is 21.2. The van der Waals surface area contributed by atoms with Crippen molar-refractivity contribution in [2.75, 3.05) is 25.0 Å². The van der Waals surface area contributed by atoms with Crippen LogP contribution < -0.4 is 22.1 Å². The number of hydrogen-bond donors (Lipinski definition) is 6. The molecule has 0 bridgehead atoms. The van der Waals surface area contributed by atoms with Crippen molar-refractivity contribution in [3.05, 3.63) is 83.9 Å². The van der Waals surface area contributed by atoms with E-state index in [1.165, 1.54) is 6.33 Å². The number of aromatic nitrogens is 4. The molecule has 1 fully saturated rings. The first-order chi connectivity index (χ1) is 18.5. The maximum absolute atomic E-state index is 12.8. The Balaban J connectivity index is 0.00000353. The van der Waals surface area contributed by atoms with Crippen LogP contribution in [-0.2, 0) is 0 Å². The van der Waals surface area contributed by atoms with Gasteiger partial charge in [0.25, 0.3) is 5.91 Å². The molecule has 1 aliphatic carbocycles. The summed E-state index contributed by atoms with van der Waals surface area (Å²) < 4.78 is 1.66. The number of rotatable bonds is 9. The summed E-state index contributed by atoms with van der Waals surface area (Å²) in [4.78, 5) is 26.4. The van der Waals surface area contributed by atoms with Crippen LogP contribution in [0.4, 0.5) is 5.82 Å². The van der Waals surface area contributed by atoms with Crippen LogP contribution in [0.2, 0.25) is 0 Å². The molecule has 5 rings (SSSR count). The van der Waals surface area contributed by atoms with Crippen LogP contribution in [0.1, 0.15) is 40.1 Å². The summed E-state index contributed by atoms with van der Waals surface area (Å²) in [6, 6.07) is 19.1. The van der Waals surface area contributed by atoms with Gasteiger partial charge in [-0.3, -0.25) is 4.79 Å². The Kier molecular flexibility index (Phi) is 9.10. The van der Waals surface area contributed by atoms with Crippen molar-refractivity contribution in [3.8, 4) is 0 Å². The lowest BCUT2D eigenvalue weighted by molar-refractivity contribution is 0.0187. The molecule has 4 atom stereocenters. The van der Waals surface area contributed by atoms with Crippen LogP contribution in [-0.4, -0.2) is 73.5 Å². The van der Waals surface area contributed by atoms with Gasteiger partial charge in [0.15, 0.2) is 11.5 Å². The molecule has 12 heteroatoms. The number of hydrogen-bond acceptors (Lipinski definition) is 9. The minimum Gasteiger partial charge on any atom is -0.389 e. The Morgan fingerprint density at radius 1 is 1.03 bits per heavy atom. The molecule has 0 unspecified atom stereocenters. The van der Waals surface area contributed by atoms with Crippen molar-refractivity contribution >= 4 is 35.3 Å². The second-order valence-electron chi connectivity index (χ2n) is 9.47. The van der Waals surface area contributed by atoms with Gasteiger partial charge in [0.1, 0.15) is 11.6 Å². The first-order valence-corrected chi connectivity index (χ1v) is 12.7. The van der Waals surface area contributed by atoms with Crippen molar-refractivity contribution < 1.29 is 15.0 Å². The maximum atomic E-state index is 12.8. The summed E-state index contributed by atoms with van der Waals surface area (Å²) in [5.41, 5.74) is 14.6. The summed E-state index contributed by atoms with van der Waals surface area (Å²) in [6.45, 7) is 1.03. The third-order valence-corrected chi connectivity index (χ3v) is 6.99. The van der Waals surface area contributed by atoms with E-state index in [-0.39, 0.29) is 37.2 Å². The fraction of sp³-hybridized carbons (Fsp3) is 0.333. The number of benzene rings is 2. The third kappa shape index (κ3) is 5.87. The number of amides is 1. The van der Waals surface area contributed by atoms with E-state index < -0.39 is 30.2 Å². The van der Waals surface area contributed by atoms with Crippen molar-refractivity contribution in [2.45, 2.75) is 36.6 Å². The van der Waals surface area contributed by atoms with Crippen molar-refractivity contribution in [1.82, 2.24) is 24.8 Å². The summed E-state index contributed by atoms with van der Waals surface area (Å²) in [6.07, 6.45) is -0.291. The number of aliphatic hydroxyl groups is 2. The molecule has 4 aromatic rings. The van der Waals surface area contributed by atoms with Crippen molar-refractivity contribution in [1.29, 1.82) is 0 Å². The highest BCUT2D eigenvalue weighted by atomic mass is 35.5. The summed E-state index contributed by atoms with van der Waals surface area (Å²) in [7, 11) is 0. The largest absolute Gasteiger partial charge is 0.389 e. The van der Waals surface area contributed by atoms with E-state index in [2.05, 4.69) is 49.9 Å². The minimum absolute atomic E-state index is 0. The SMILES string of the molecule is Cl.NCCNC(=O)c1nc(NCC(c2ccccc2)c2ccccc2)c2ncn([C@@H]3C[C@H](N)[C@@H](O)[C@H]3O)c2n1. The summed E-state index contributed by atoms with van der Waals surface area (Å²) in [5, 5.41) is 27.0. The first kappa shape index (κ1) is 28.4. The van der Waals surface area contributed by atoms with Gasteiger partial charge < -0.3 is 36.9 Å². The number of carbonyl (C=O) groups excluding carboxylic acids is 1. The smallest absolute Gasteiger partial charge is 0.289 e. The molecule has 0 saturated heterocycles. The van der Waals surface area contributed by atoms with Crippen LogP contribution in [0.25, 0.3) is 11.2 Å². The molecular formula is C27H33ClN8O3. The van der Waals surface area contributed by atoms with Gasteiger partial charge in [0, 0.05) is 31.6 Å². The van der Waals surface area contributed by atoms with Gasteiger partial charge in [-0.25, -0.2) is 15.0 Å². The molecule has 2 aromatic heterocycles. The van der Waals surface area contributed by atoms with E-state index in [1.54, 1.807) is 4.57 Å². The van der Waals surface area contributed by atoms with Gasteiger partial charge in [-0.1, -0.05) is 60.7 Å². The van der Waals surface area contributed by atoms with Crippen LogP contribution in [0, 0.1) is 0 Å². The Bertz CT molecular complexity index is 1350. The molecule has 8 N–H and O–H groups in total. The molecule has 2 heterocycles. The molecular weight excluding hydrogens is 520 g/mol. The molecule has 1 amide bonds. The Hall–Kier alpha value is -3.61. The first-order valence-electron chi connectivity index (χ1n) is 12.7. The second-order valence-corrected chi connectivity index (χ2v) is 9.47. The monoisotopic (exact) mass is 552 g/mol. The number of imidazole rings is 1. The van der Waals surface area contributed by atoms with Gasteiger partial charge in [-0.2, -0.15) is 0 Å². The topological polar surface area (TPSA) is 177 Å². The van der Waals surface area contributed by atoms with E-state index in [0.29, 0.717) is 29.9 Å². The van der Waals surface area contributed by atoms with Crippen LogP contribution in [0.15, 0.2) is 67.0 Å². The van der Waals surface area contributed by atoms with E-state index in [4.69, 9.17) is 11.5 Å². The summed E-state index contributed by atoms with van der Waals surface area (Å²) >= 11 is 0. The molecule has 0 spiro atoms. The predicted molar refractivity (Wildman–Crippen MR) is 151 cm³/mol. The number of fused-ring (bicyclic) bond motifs is 1. The Morgan fingerprint density at radius 2 is 1.67 bits per heavy atom. The minimum atomic E-state index is -1.09. The lowest BCUT2D eigenvalue weighted by Gasteiger charge is -2.20. The molecule has 39 heavy (non-hydrogen) atoms. The number of anilines is 1. The van der Waals surface area contributed by atoms with Crippen molar-refractivity contribution in [3.63, 3.8) is 0 Å². The lowest BCUT2D eigenvalue weighted by Crippen LogP contribution is -2.35. The molecule has 1 aliphatic rings. The number of aliphatic hydroxyl groups excluding tert-OH is 2. The molecule has 2 aromatic carbocycles. The Labute approximate surface area is 232 Å². The van der Waals surface area contributed by atoms with Crippen LogP contribution in [0.5, 0.6) is 0 Å². The van der Waals surface area contributed by atoms with Gasteiger partial charge in [-0.15, -0.1) is 12.4 Å². The predicted octanol–water partition coefficient (Wildman–Crippen LogP) is 1.17. The normalized spacial score (nSPS) is 20.6. The van der Waals surface area contributed by atoms with E-state index in [1.807, 2.05) is 36.4 Å². The van der Waals surface area contributed by atoms with Crippen molar-refractivity contribution in [2.24, 2.45) is 11.5 Å². The molecule has 1 saturated carbocycles. The van der Waals surface area contributed by atoms with Gasteiger partial charge in [-0.05, 0) is 17.5 Å². The fourth-order valence-corrected chi connectivity index (χ4v) is 4.96. The molecule has 0 aliphatic heterocycles. The number of nitrogens with one attached hydrogen (secondary N) is 2. The Morgan fingerprint density at radius 3 is 2.23 bits per heavy atom. The average molecular weight is 553 g/mol. The van der Waals surface area contributed by atoms with Crippen LogP contribution >= 0.6 is 12.4 Å². The zero-order chi connectivity index (χ0) is 26.6. The highest BCUT2D eigenvalue weighted by Gasteiger charge is 2.41. The summed E-state index contributed by atoms with van der Waals surface area (Å²) in [5.74, 6) is -0.132. The van der Waals surface area contributed by atoms with E-state index in [0.717, 1.165) is 11.1 Å². The number of carbonyl (C=O) groups is 1. The quantitative estimate of drug-likeness (QED) is 0.178. The maximum Gasteiger partial charge on any atom is 0.289 e. The van der Waals surface area contributed by atoms with Gasteiger partial charge >= 0.3 is 0 Å². The van der Waals surface area contributed by atoms with Crippen LogP contribution in [0.3, 0.4) is 0 Å². The van der Waals surface area contributed by atoms with E-state index in [9.17, 15) is 15.0 Å². The lowest BCUT2D eigenvalue weighted by atomic mass is 9.91. The molecule has 0 radical (unpaired) electrons.